The molecule has 0 aliphatic carbocycles. The fourth-order valence-corrected chi connectivity index (χ4v) is 2.24. The molecule has 0 saturated heterocycles. The summed E-state index contributed by atoms with van der Waals surface area (Å²) in [5.41, 5.74) is 8.62. The smallest absolute Gasteiger partial charge is 0.110 e. The van der Waals surface area contributed by atoms with E-state index in [4.69, 9.17) is 5.73 Å². The van der Waals surface area contributed by atoms with Crippen LogP contribution in [0.15, 0.2) is 35.8 Å². The van der Waals surface area contributed by atoms with Gasteiger partial charge in [0.05, 0.1) is 6.04 Å². The SMILES string of the molecule is Cc1cccc(CC(N)c2nccs2)c1. The summed E-state index contributed by atoms with van der Waals surface area (Å²) in [7, 11) is 0. The molecule has 0 amide bonds. The van der Waals surface area contributed by atoms with Crippen LogP contribution in [-0.2, 0) is 6.42 Å². The fourth-order valence-electron chi connectivity index (χ4n) is 1.60. The molecule has 1 aromatic heterocycles. The second-order valence-electron chi connectivity index (χ2n) is 3.67. The molecule has 2 nitrogen and oxygen atoms in total. The van der Waals surface area contributed by atoms with Gasteiger partial charge in [0, 0.05) is 11.6 Å². The molecule has 0 spiro atoms. The second kappa shape index (κ2) is 4.55. The molecule has 2 aromatic rings. The topological polar surface area (TPSA) is 38.9 Å². The monoisotopic (exact) mass is 218 g/mol. The van der Waals surface area contributed by atoms with Gasteiger partial charge in [-0.2, -0.15) is 0 Å². The first-order valence-electron chi connectivity index (χ1n) is 4.96. The molecule has 1 unspecified atom stereocenters. The van der Waals surface area contributed by atoms with Crippen LogP contribution in [0, 0.1) is 6.92 Å². The van der Waals surface area contributed by atoms with Gasteiger partial charge in [-0.15, -0.1) is 11.3 Å². The fraction of sp³-hybridized carbons (Fsp3) is 0.250. The lowest BCUT2D eigenvalue weighted by molar-refractivity contribution is 0.715. The summed E-state index contributed by atoms with van der Waals surface area (Å²) in [6.45, 7) is 2.10. The second-order valence-corrected chi connectivity index (χ2v) is 4.60. The third-order valence-electron chi connectivity index (χ3n) is 2.31. The predicted molar refractivity (Wildman–Crippen MR) is 63.9 cm³/mol. The molecule has 2 rings (SSSR count). The van der Waals surface area contributed by atoms with Crippen LogP contribution in [0.25, 0.3) is 0 Å². The summed E-state index contributed by atoms with van der Waals surface area (Å²) < 4.78 is 0. The van der Waals surface area contributed by atoms with Gasteiger partial charge in [-0.3, -0.25) is 0 Å². The number of thiazole rings is 1. The van der Waals surface area contributed by atoms with Crippen LogP contribution in [0.2, 0.25) is 0 Å². The van der Waals surface area contributed by atoms with Crippen molar-refractivity contribution in [2.75, 3.05) is 0 Å². The Labute approximate surface area is 93.8 Å². The first-order valence-corrected chi connectivity index (χ1v) is 5.84. The van der Waals surface area contributed by atoms with Crippen molar-refractivity contribution < 1.29 is 0 Å². The van der Waals surface area contributed by atoms with E-state index in [0.29, 0.717) is 0 Å². The minimum absolute atomic E-state index is 0.0202. The maximum absolute atomic E-state index is 6.07. The molecular weight excluding hydrogens is 204 g/mol. The maximum Gasteiger partial charge on any atom is 0.110 e. The quantitative estimate of drug-likeness (QED) is 0.860. The summed E-state index contributed by atoms with van der Waals surface area (Å²) in [6, 6.07) is 8.47. The van der Waals surface area contributed by atoms with Gasteiger partial charge in [-0.1, -0.05) is 29.8 Å². The van der Waals surface area contributed by atoms with Crippen LogP contribution in [0.3, 0.4) is 0 Å². The Morgan fingerprint density at radius 3 is 3.00 bits per heavy atom. The van der Waals surface area contributed by atoms with Crippen LogP contribution in [-0.4, -0.2) is 4.98 Å². The number of hydrogen-bond donors (Lipinski definition) is 1. The van der Waals surface area contributed by atoms with E-state index in [1.807, 2.05) is 5.38 Å². The number of rotatable bonds is 3. The van der Waals surface area contributed by atoms with Gasteiger partial charge in [0.2, 0.25) is 0 Å². The number of benzene rings is 1. The van der Waals surface area contributed by atoms with E-state index in [9.17, 15) is 0 Å². The normalized spacial score (nSPS) is 12.7. The van der Waals surface area contributed by atoms with E-state index < -0.39 is 0 Å². The first kappa shape index (κ1) is 10.3. The van der Waals surface area contributed by atoms with Gasteiger partial charge < -0.3 is 5.73 Å². The highest BCUT2D eigenvalue weighted by Gasteiger charge is 2.09. The largest absolute Gasteiger partial charge is 0.322 e. The molecule has 1 aromatic carbocycles. The van der Waals surface area contributed by atoms with E-state index in [2.05, 4.69) is 36.2 Å². The Morgan fingerprint density at radius 2 is 2.33 bits per heavy atom. The maximum atomic E-state index is 6.07. The van der Waals surface area contributed by atoms with Crippen molar-refractivity contribution in [1.82, 2.24) is 4.98 Å². The standard InChI is InChI=1S/C12H14N2S/c1-9-3-2-4-10(7-9)8-11(13)12-14-5-6-15-12/h2-7,11H,8,13H2,1H3. The third kappa shape index (κ3) is 2.64. The average Bonchev–Trinajstić information content (AvgIpc) is 2.70. The number of nitrogens with two attached hydrogens (primary N) is 1. The summed E-state index contributed by atoms with van der Waals surface area (Å²) in [4.78, 5) is 4.23. The minimum Gasteiger partial charge on any atom is -0.322 e. The van der Waals surface area contributed by atoms with E-state index in [0.717, 1.165) is 11.4 Å². The van der Waals surface area contributed by atoms with E-state index in [1.165, 1.54) is 11.1 Å². The molecule has 0 aliphatic rings. The average molecular weight is 218 g/mol. The highest BCUT2D eigenvalue weighted by Crippen LogP contribution is 2.18. The van der Waals surface area contributed by atoms with Crippen LogP contribution in [0.1, 0.15) is 22.2 Å². The van der Waals surface area contributed by atoms with Crippen molar-refractivity contribution in [3.05, 3.63) is 52.0 Å². The molecule has 0 bridgehead atoms. The molecule has 0 saturated carbocycles. The van der Waals surface area contributed by atoms with E-state index >= 15 is 0 Å². The van der Waals surface area contributed by atoms with Gasteiger partial charge in [-0.05, 0) is 18.9 Å². The van der Waals surface area contributed by atoms with Crippen LogP contribution < -0.4 is 5.73 Å². The molecule has 0 fully saturated rings. The lowest BCUT2D eigenvalue weighted by Crippen LogP contribution is -2.12. The molecule has 0 aliphatic heterocycles. The number of hydrogen-bond acceptors (Lipinski definition) is 3. The van der Waals surface area contributed by atoms with Crippen molar-refractivity contribution in [3.63, 3.8) is 0 Å². The van der Waals surface area contributed by atoms with Crippen LogP contribution in [0.5, 0.6) is 0 Å². The Bertz CT molecular complexity index is 423. The van der Waals surface area contributed by atoms with Crippen molar-refractivity contribution >= 4 is 11.3 Å². The number of nitrogens with zero attached hydrogens (tertiary/aromatic N) is 1. The zero-order chi connectivity index (χ0) is 10.7. The van der Waals surface area contributed by atoms with Gasteiger partial charge in [0.25, 0.3) is 0 Å². The van der Waals surface area contributed by atoms with Crippen molar-refractivity contribution in [3.8, 4) is 0 Å². The Kier molecular flexibility index (Phi) is 3.14. The van der Waals surface area contributed by atoms with Crippen LogP contribution in [0.4, 0.5) is 0 Å². The molecule has 0 radical (unpaired) electrons. The Balaban J connectivity index is 2.09. The Morgan fingerprint density at radius 1 is 1.47 bits per heavy atom. The Hall–Kier alpha value is -1.19. The number of aromatic nitrogens is 1. The lowest BCUT2D eigenvalue weighted by atomic mass is 10.0. The molecular formula is C12H14N2S. The van der Waals surface area contributed by atoms with Gasteiger partial charge in [0.1, 0.15) is 5.01 Å². The molecule has 15 heavy (non-hydrogen) atoms. The molecule has 78 valence electrons. The summed E-state index contributed by atoms with van der Waals surface area (Å²) in [6.07, 6.45) is 2.66. The van der Waals surface area contributed by atoms with E-state index in [1.54, 1.807) is 17.5 Å². The first-order chi connectivity index (χ1) is 7.25. The molecule has 1 atom stereocenters. The summed E-state index contributed by atoms with van der Waals surface area (Å²) in [5.74, 6) is 0. The lowest BCUT2D eigenvalue weighted by Gasteiger charge is -2.08. The molecule has 3 heteroatoms. The highest BCUT2D eigenvalue weighted by molar-refractivity contribution is 7.09. The minimum atomic E-state index is 0.0202. The third-order valence-corrected chi connectivity index (χ3v) is 3.21. The summed E-state index contributed by atoms with van der Waals surface area (Å²) in [5, 5.41) is 2.97. The summed E-state index contributed by atoms with van der Waals surface area (Å²) >= 11 is 1.62. The van der Waals surface area contributed by atoms with Crippen molar-refractivity contribution in [1.29, 1.82) is 0 Å². The van der Waals surface area contributed by atoms with Crippen LogP contribution >= 0.6 is 11.3 Å². The van der Waals surface area contributed by atoms with Gasteiger partial charge in [-0.25, -0.2) is 4.98 Å². The van der Waals surface area contributed by atoms with Gasteiger partial charge >= 0.3 is 0 Å². The van der Waals surface area contributed by atoms with E-state index in [-0.39, 0.29) is 6.04 Å². The van der Waals surface area contributed by atoms with Crippen molar-refractivity contribution in [2.24, 2.45) is 5.73 Å². The van der Waals surface area contributed by atoms with Gasteiger partial charge in [0.15, 0.2) is 0 Å². The highest BCUT2D eigenvalue weighted by atomic mass is 32.1. The number of aryl methyl sites for hydroxylation is 1. The molecule has 1 heterocycles. The zero-order valence-corrected chi connectivity index (χ0v) is 9.50. The predicted octanol–water partition coefficient (Wildman–Crippen LogP) is 2.69. The zero-order valence-electron chi connectivity index (χ0n) is 8.68. The van der Waals surface area contributed by atoms with Crippen molar-refractivity contribution in [2.45, 2.75) is 19.4 Å². The molecule has 2 N–H and O–H groups in total.